The maximum absolute atomic E-state index is 14.6. The Hall–Kier alpha value is -9.66. The topological polar surface area (TPSA) is 483 Å². The predicted molar refractivity (Wildman–Crippen MR) is 249 cm³/mol. The van der Waals surface area contributed by atoms with Crippen LogP contribution < -0.4 is 18.9 Å². The van der Waals surface area contributed by atoms with Crippen molar-refractivity contribution >= 4 is 121 Å². The highest BCUT2D eigenvalue weighted by Crippen LogP contribution is 2.37. The van der Waals surface area contributed by atoms with Gasteiger partial charge in [0.2, 0.25) is 0 Å². The highest BCUT2D eigenvalue weighted by molar-refractivity contribution is 7.96. The molecule has 32 heteroatoms. The van der Waals surface area contributed by atoms with Gasteiger partial charge in [-0.05, 0) is 102 Å². The van der Waals surface area contributed by atoms with E-state index in [2.05, 4.69) is 0 Å². The first-order valence-electron chi connectivity index (χ1n) is 19.4. The number of carboxylic acids is 8. The molecule has 0 aliphatic heterocycles. The van der Waals surface area contributed by atoms with Crippen LogP contribution in [0.1, 0.15) is 82.9 Å². The van der Waals surface area contributed by atoms with Crippen LogP contribution in [0.3, 0.4) is 0 Å². The largest absolute Gasteiger partial charge is 0.478 e. The van der Waals surface area contributed by atoms with Gasteiger partial charge in [0.1, 0.15) is 9.79 Å². The zero-order chi connectivity index (χ0) is 55.2. The molecule has 0 aliphatic carbocycles. The fourth-order valence-electron chi connectivity index (χ4n) is 6.69. The highest BCUT2D eigenvalue weighted by Gasteiger charge is 2.33. The number of carbonyl (C=O) groups is 8. The molecule has 0 aromatic heterocycles. The Morgan fingerprint density at radius 1 is 0.270 bits per heavy atom. The third kappa shape index (κ3) is 11.6. The molecule has 12 N–H and O–H groups in total. The van der Waals surface area contributed by atoms with Crippen molar-refractivity contribution in [3.05, 3.63) is 142 Å². The number of rotatable bonds is 20. The van der Waals surface area contributed by atoms with Crippen LogP contribution in [0.15, 0.2) is 117 Å². The van der Waals surface area contributed by atoms with Crippen molar-refractivity contribution in [3.63, 3.8) is 0 Å². The third-order valence-corrected chi connectivity index (χ3v) is 15.6. The Balaban J connectivity index is 1.72. The molecule has 6 aromatic carbocycles. The SMILES string of the molecule is O=C(O)c1cc(NS(=O)(=O)c2cc(S(=O)(=O)Nc3cc(C(=O)O)cc(C(=O)O)c3)c3cc(S(=O)(=O)Nc4cc(C(=O)O)cc(C(=O)O)c4)c(S(=O)(=O)Nc4cc(C(=O)O)cc(C(=O)O)c4)cc3c2)cc(C(=O)O)c1. The summed E-state index contributed by atoms with van der Waals surface area (Å²) in [5, 5.41) is 75.1. The molecule has 28 nitrogen and oxygen atoms in total. The first-order chi connectivity index (χ1) is 34.2. The number of benzene rings is 6. The van der Waals surface area contributed by atoms with Crippen LogP contribution in [0.25, 0.3) is 10.8 Å². The van der Waals surface area contributed by atoms with E-state index in [9.17, 15) is 113 Å². The average Bonchev–Trinajstić information content (AvgIpc) is 3.29. The number of anilines is 4. The lowest BCUT2D eigenvalue weighted by atomic mass is 10.1. The number of fused-ring (bicyclic) bond motifs is 1. The van der Waals surface area contributed by atoms with Crippen molar-refractivity contribution in [2.45, 2.75) is 19.6 Å². The molecular weight excluding hydrogens is 1070 g/mol. The number of hydrogen-bond donors (Lipinski definition) is 12. The Morgan fingerprint density at radius 3 is 0.757 bits per heavy atom. The lowest BCUT2D eigenvalue weighted by molar-refractivity contribution is 0.0676. The molecular formula is C42H28N4O24S4. The summed E-state index contributed by atoms with van der Waals surface area (Å²) in [6.45, 7) is 0. The number of aromatic carboxylic acids is 8. The van der Waals surface area contributed by atoms with Crippen molar-refractivity contribution in [1.29, 1.82) is 0 Å². The molecule has 0 bridgehead atoms. The molecule has 0 saturated heterocycles. The van der Waals surface area contributed by atoms with Crippen LogP contribution >= 0.6 is 0 Å². The Labute approximate surface area is 412 Å². The monoisotopic (exact) mass is 1100 g/mol. The Morgan fingerprint density at radius 2 is 0.500 bits per heavy atom. The summed E-state index contributed by atoms with van der Waals surface area (Å²) in [7, 11) is -22.4. The summed E-state index contributed by atoms with van der Waals surface area (Å²) in [6, 6.07) is 8.50. The molecule has 0 unspecified atom stereocenters. The zero-order valence-corrected chi connectivity index (χ0v) is 39.2. The number of carboxylic acid groups (broad SMARTS) is 8. The summed E-state index contributed by atoms with van der Waals surface area (Å²) in [4.78, 5) is 89.4. The van der Waals surface area contributed by atoms with Gasteiger partial charge >= 0.3 is 47.8 Å². The van der Waals surface area contributed by atoms with Crippen LogP contribution in [0, 0.1) is 0 Å². The minimum Gasteiger partial charge on any atom is -0.478 e. The summed E-state index contributed by atoms with van der Waals surface area (Å²) < 4.78 is 123. The molecule has 74 heavy (non-hydrogen) atoms. The van der Waals surface area contributed by atoms with E-state index in [1.165, 1.54) is 0 Å². The van der Waals surface area contributed by atoms with Gasteiger partial charge in [0.25, 0.3) is 40.1 Å². The summed E-state index contributed by atoms with van der Waals surface area (Å²) in [5.74, 6) is -14.3. The lowest BCUT2D eigenvalue weighted by Crippen LogP contribution is -2.22. The minimum absolute atomic E-state index is 0.270. The van der Waals surface area contributed by atoms with Gasteiger partial charge in [-0.2, -0.15) is 0 Å². The van der Waals surface area contributed by atoms with Crippen molar-refractivity contribution < 1.29 is 113 Å². The van der Waals surface area contributed by atoms with E-state index >= 15 is 0 Å². The third-order valence-electron chi connectivity index (χ3n) is 9.85. The van der Waals surface area contributed by atoms with E-state index in [0.717, 1.165) is 0 Å². The molecule has 0 spiro atoms. The van der Waals surface area contributed by atoms with Crippen molar-refractivity contribution in [3.8, 4) is 0 Å². The second-order valence-electron chi connectivity index (χ2n) is 15.0. The van der Waals surface area contributed by atoms with Gasteiger partial charge in [0.15, 0.2) is 0 Å². The van der Waals surface area contributed by atoms with E-state index in [0.29, 0.717) is 84.9 Å². The van der Waals surface area contributed by atoms with Crippen molar-refractivity contribution in [2.75, 3.05) is 18.9 Å². The van der Waals surface area contributed by atoms with Gasteiger partial charge in [-0.15, -0.1) is 0 Å². The predicted octanol–water partition coefficient (Wildman–Crippen LogP) is 3.63. The smallest absolute Gasteiger partial charge is 0.335 e. The molecule has 0 radical (unpaired) electrons. The fraction of sp³-hybridized carbons (Fsp3) is 0. The number of sulfonamides is 4. The van der Waals surface area contributed by atoms with Gasteiger partial charge in [-0.3, -0.25) is 18.9 Å². The van der Waals surface area contributed by atoms with E-state index in [1.807, 2.05) is 9.44 Å². The first-order valence-corrected chi connectivity index (χ1v) is 25.3. The van der Waals surface area contributed by atoms with Crippen LogP contribution in [-0.4, -0.2) is 122 Å². The number of hydrogen-bond acceptors (Lipinski definition) is 16. The fourth-order valence-corrected chi connectivity index (χ4v) is 12.1. The molecule has 0 saturated carbocycles. The standard InChI is InChI=1S/C42H28N4O24S4/c47-35(48)18-1-19(36(49)50)6-26(5-18)43-71(63,64)30-13-17-14-33(73(67,68)45-28-9-22(39(55)56)3-23(10-28)40(57)58)34(74(69,70)46-29-11-24(41(59)60)4-25(12-29)42(61)62)16-31(17)32(15-30)72(65,66)44-27-7-20(37(51)52)2-21(8-27)38(53)54/h1-16,43-46H,(H,47,48)(H,49,50)(H,51,52)(H,53,54)(H,55,56)(H,57,58)(H,59,60)(H,61,62). The van der Waals surface area contributed by atoms with E-state index in [1.54, 1.807) is 9.44 Å². The second-order valence-corrected chi connectivity index (χ2v) is 21.6. The van der Waals surface area contributed by atoms with Crippen LogP contribution in [0.2, 0.25) is 0 Å². The van der Waals surface area contributed by atoms with Gasteiger partial charge in [0, 0.05) is 5.39 Å². The van der Waals surface area contributed by atoms with E-state index in [-0.39, 0.29) is 12.1 Å². The Bertz CT molecular complexity index is 3880. The van der Waals surface area contributed by atoms with Gasteiger partial charge in [-0.25, -0.2) is 72.0 Å². The molecule has 0 amide bonds. The summed E-state index contributed by atoms with van der Waals surface area (Å²) in [5.41, 5.74) is -10.0. The maximum Gasteiger partial charge on any atom is 0.335 e. The molecule has 0 heterocycles. The summed E-state index contributed by atoms with van der Waals surface area (Å²) in [6.07, 6.45) is 0. The summed E-state index contributed by atoms with van der Waals surface area (Å²) >= 11 is 0. The molecule has 6 aromatic rings. The molecule has 0 aliphatic rings. The zero-order valence-electron chi connectivity index (χ0n) is 36.0. The van der Waals surface area contributed by atoms with Gasteiger partial charge in [-0.1, -0.05) is 0 Å². The van der Waals surface area contributed by atoms with Crippen molar-refractivity contribution in [2.24, 2.45) is 0 Å². The number of nitrogens with one attached hydrogen (secondary N) is 4. The molecule has 0 atom stereocenters. The quantitative estimate of drug-likeness (QED) is 0.0519. The molecule has 0 fully saturated rings. The first kappa shape index (κ1) is 53.7. The molecule has 6 rings (SSSR count). The van der Waals surface area contributed by atoms with Gasteiger partial charge in [0.05, 0.1) is 77.0 Å². The van der Waals surface area contributed by atoms with Crippen molar-refractivity contribution in [1.82, 2.24) is 0 Å². The normalized spacial score (nSPS) is 11.7. The minimum atomic E-state index is -5.71. The average molecular weight is 1100 g/mol. The second kappa shape index (κ2) is 19.5. The molecule has 384 valence electrons. The maximum atomic E-state index is 14.6. The van der Waals surface area contributed by atoms with Crippen LogP contribution in [-0.2, 0) is 40.1 Å². The lowest BCUT2D eigenvalue weighted by Gasteiger charge is -2.19. The van der Waals surface area contributed by atoms with Gasteiger partial charge < -0.3 is 40.9 Å². The van der Waals surface area contributed by atoms with Crippen LogP contribution in [0.4, 0.5) is 22.7 Å². The van der Waals surface area contributed by atoms with E-state index in [4.69, 9.17) is 0 Å². The van der Waals surface area contributed by atoms with Crippen LogP contribution in [0.5, 0.6) is 0 Å². The Kier molecular flexibility index (Phi) is 14.2. The highest BCUT2D eigenvalue weighted by atomic mass is 32.2. The van der Waals surface area contributed by atoms with E-state index < -0.39 is 185 Å².